The normalized spacial score (nSPS) is 9.67. The summed E-state index contributed by atoms with van der Waals surface area (Å²) < 4.78 is 15.1. The number of methoxy groups -OCH3 is 1. The van der Waals surface area contributed by atoms with Crippen molar-refractivity contribution in [2.24, 2.45) is 0 Å². The molecular formula is C9H16O3. The van der Waals surface area contributed by atoms with Gasteiger partial charge in [0.25, 0.3) is 0 Å². The van der Waals surface area contributed by atoms with Gasteiger partial charge in [-0.25, -0.2) is 0 Å². The van der Waals surface area contributed by atoms with Gasteiger partial charge in [-0.3, -0.25) is 0 Å². The average Bonchev–Trinajstić information content (AvgIpc) is 2.06. The highest BCUT2D eigenvalue weighted by Crippen LogP contribution is 1.92. The van der Waals surface area contributed by atoms with Crippen LogP contribution >= 0.6 is 0 Å². The first-order valence-electron chi connectivity index (χ1n) is 4.05. The van der Waals surface area contributed by atoms with E-state index in [4.69, 9.17) is 14.2 Å². The molecule has 0 unspecified atom stereocenters. The second kappa shape index (κ2) is 8.54. The quantitative estimate of drug-likeness (QED) is 0.458. The third kappa shape index (κ3) is 6.17. The predicted molar refractivity (Wildman–Crippen MR) is 46.7 cm³/mol. The molecule has 3 heteroatoms. The summed E-state index contributed by atoms with van der Waals surface area (Å²) in [5.74, 6) is 5.59. The summed E-state index contributed by atoms with van der Waals surface area (Å²) >= 11 is 0. The van der Waals surface area contributed by atoms with Crippen LogP contribution in [0.1, 0.15) is 13.8 Å². The molecule has 12 heavy (non-hydrogen) atoms. The van der Waals surface area contributed by atoms with Crippen molar-refractivity contribution in [1.82, 2.24) is 0 Å². The van der Waals surface area contributed by atoms with Crippen LogP contribution in [0.4, 0.5) is 0 Å². The van der Waals surface area contributed by atoms with Gasteiger partial charge in [0.2, 0.25) is 6.29 Å². The van der Waals surface area contributed by atoms with E-state index in [0.717, 1.165) is 0 Å². The molecule has 0 aliphatic carbocycles. The first-order valence-corrected chi connectivity index (χ1v) is 4.05. The van der Waals surface area contributed by atoms with Gasteiger partial charge in [0.1, 0.15) is 6.61 Å². The van der Waals surface area contributed by atoms with Crippen molar-refractivity contribution < 1.29 is 14.2 Å². The van der Waals surface area contributed by atoms with Crippen molar-refractivity contribution in [2.45, 2.75) is 20.1 Å². The minimum atomic E-state index is -0.407. The van der Waals surface area contributed by atoms with Gasteiger partial charge in [0.05, 0.1) is 0 Å². The van der Waals surface area contributed by atoms with Crippen LogP contribution in [0.15, 0.2) is 0 Å². The minimum absolute atomic E-state index is 0.407. The predicted octanol–water partition coefficient (Wildman–Crippen LogP) is 1.04. The summed E-state index contributed by atoms with van der Waals surface area (Å²) in [5.41, 5.74) is 0. The third-order valence-corrected chi connectivity index (χ3v) is 1.07. The van der Waals surface area contributed by atoms with Crippen LogP contribution in [0.3, 0.4) is 0 Å². The topological polar surface area (TPSA) is 27.7 Å². The third-order valence-electron chi connectivity index (χ3n) is 1.07. The molecule has 0 aliphatic rings. The maximum Gasteiger partial charge on any atom is 0.222 e. The van der Waals surface area contributed by atoms with Gasteiger partial charge >= 0.3 is 0 Å². The number of hydrogen-bond acceptors (Lipinski definition) is 3. The van der Waals surface area contributed by atoms with E-state index in [-0.39, 0.29) is 0 Å². The molecule has 0 N–H and O–H groups in total. The summed E-state index contributed by atoms with van der Waals surface area (Å²) in [7, 11) is 1.60. The molecule has 0 aromatic carbocycles. The van der Waals surface area contributed by atoms with E-state index in [9.17, 15) is 0 Å². The van der Waals surface area contributed by atoms with Crippen molar-refractivity contribution >= 4 is 0 Å². The molecule has 0 aromatic rings. The lowest BCUT2D eigenvalue weighted by atomic mass is 10.5. The van der Waals surface area contributed by atoms with E-state index >= 15 is 0 Å². The molecular weight excluding hydrogens is 156 g/mol. The summed E-state index contributed by atoms with van der Waals surface area (Å²) in [6.07, 6.45) is -0.407. The molecule has 70 valence electrons. The second-order valence-electron chi connectivity index (χ2n) is 2.00. The monoisotopic (exact) mass is 172 g/mol. The van der Waals surface area contributed by atoms with E-state index in [0.29, 0.717) is 19.8 Å². The van der Waals surface area contributed by atoms with E-state index in [1.54, 1.807) is 7.11 Å². The average molecular weight is 172 g/mol. The highest BCUT2D eigenvalue weighted by molar-refractivity contribution is 5.02. The van der Waals surface area contributed by atoms with Crippen LogP contribution in [-0.4, -0.2) is 33.2 Å². The Morgan fingerprint density at radius 3 is 2.17 bits per heavy atom. The van der Waals surface area contributed by atoms with Crippen molar-refractivity contribution in [3.8, 4) is 11.8 Å². The Balaban J connectivity index is 3.70. The fraction of sp³-hybridized carbons (Fsp3) is 0.778. The van der Waals surface area contributed by atoms with Gasteiger partial charge in [-0.2, -0.15) is 0 Å². The second-order valence-corrected chi connectivity index (χ2v) is 2.00. The summed E-state index contributed by atoms with van der Waals surface area (Å²) in [4.78, 5) is 0. The molecule has 0 fully saturated rings. The van der Waals surface area contributed by atoms with Gasteiger partial charge in [-0.15, -0.1) is 0 Å². The van der Waals surface area contributed by atoms with Crippen LogP contribution in [0.2, 0.25) is 0 Å². The number of hydrogen-bond donors (Lipinski definition) is 0. The van der Waals surface area contributed by atoms with E-state index in [1.165, 1.54) is 0 Å². The van der Waals surface area contributed by atoms with E-state index in [1.807, 2.05) is 13.8 Å². The molecule has 0 radical (unpaired) electrons. The summed E-state index contributed by atoms with van der Waals surface area (Å²) in [6.45, 7) is 5.43. The maximum absolute atomic E-state index is 5.18. The molecule has 0 atom stereocenters. The van der Waals surface area contributed by atoms with Crippen LogP contribution in [-0.2, 0) is 14.2 Å². The fourth-order valence-corrected chi connectivity index (χ4v) is 0.631. The van der Waals surface area contributed by atoms with Gasteiger partial charge in [-0.1, -0.05) is 5.92 Å². The molecule has 0 rings (SSSR count). The summed E-state index contributed by atoms with van der Waals surface area (Å²) in [5, 5.41) is 0. The largest absolute Gasteiger partial charge is 0.372 e. The zero-order valence-corrected chi connectivity index (χ0v) is 7.92. The van der Waals surface area contributed by atoms with Gasteiger partial charge < -0.3 is 14.2 Å². The van der Waals surface area contributed by atoms with Crippen LogP contribution in [0.5, 0.6) is 0 Å². The van der Waals surface area contributed by atoms with E-state index in [2.05, 4.69) is 11.8 Å². The van der Waals surface area contributed by atoms with Gasteiger partial charge in [0, 0.05) is 20.3 Å². The fourth-order valence-electron chi connectivity index (χ4n) is 0.631. The van der Waals surface area contributed by atoms with E-state index < -0.39 is 6.29 Å². The Morgan fingerprint density at radius 2 is 1.75 bits per heavy atom. The minimum Gasteiger partial charge on any atom is -0.372 e. The zero-order valence-electron chi connectivity index (χ0n) is 7.92. The Morgan fingerprint density at radius 1 is 1.17 bits per heavy atom. The highest BCUT2D eigenvalue weighted by Gasteiger charge is 2.00. The van der Waals surface area contributed by atoms with Crippen LogP contribution in [0.25, 0.3) is 0 Å². The Labute approximate surface area is 74.0 Å². The van der Waals surface area contributed by atoms with Crippen LogP contribution in [0, 0.1) is 11.8 Å². The highest BCUT2D eigenvalue weighted by atomic mass is 16.7. The van der Waals surface area contributed by atoms with Gasteiger partial charge in [0.15, 0.2) is 0 Å². The first kappa shape index (κ1) is 11.4. The SMILES string of the molecule is CCOC(C#CCOC)OCC. The smallest absolute Gasteiger partial charge is 0.222 e. The summed E-state index contributed by atoms with van der Waals surface area (Å²) in [6, 6.07) is 0. The van der Waals surface area contributed by atoms with Crippen LogP contribution < -0.4 is 0 Å². The molecule has 0 aliphatic heterocycles. The van der Waals surface area contributed by atoms with Crippen molar-refractivity contribution in [3.05, 3.63) is 0 Å². The molecule has 0 heterocycles. The molecule has 0 bridgehead atoms. The molecule has 0 aromatic heterocycles. The molecule has 3 nitrogen and oxygen atoms in total. The van der Waals surface area contributed by atoms with Gasteiger partial charge in [-0.05, 0) is 19.8 Å². The standard InChI is InChI=1S/C9H16O3/c1-4-11-9(12-5-2)7-6-8-10-3/h9H,4-5,8H2,1-3H3. The maximum atomic E-state index is 5.18. The molecule has 0 saturated carbocycles. The molecule has 0 saturated heterocycles. The first-order chi connectivity index (χ1) is 5.85. The van der Waals surface area contributed by atoms with Crippen molar-refractivity contribution in [2.75, 3.05) is 26.9 Å². The van der Waals surface area contributed by atoms with Crippen molar-refractivity contribution in [3.63, 3.8) is 0 Å². The lowest BCUT2D eigenvalue weighted by molar-refractivity contribution is -0.0971. The lowest BCUT2D eigenvalue weighted by Gasteiger charge is -2.09. The van der Waals surface area contributed by atoms with Crippen molar-refractivity contribution in [1.29, 1.82) is 0 Å². The Kier molecular flexibility index (Phi) is 8.14. The Bertz CT molecular complexity index is 140. The lowest BCUT2D eigenvalue weighted by Crippen LogP contribution is -2.14. The number of rotatable bonds is 5. The molecule has 0 spiro atoms. The Hall–Kier alpha value is -0.560. The zero-order chi connectivity index (χ0) is 9.23. The molecule has 0 amide bonds. The number of ether oxygens (including phenoxy) is 3.